The quantitative estimate of drug-likeness (QED) is 0.0415. The van der Waals surface area contributed by atoms with Gasteiger partial charge in [-0.1, -0.05) is 109 Å². The van der Waals surface area contributed by atoms with Gasteiger partial charge in [0, 0.05) is 47.0 Å². The highest BCUT2D eigenvalue weighted by Gasteiger charge is 2.39. The lowest BCUT2D eigenvalue weighted by Crippen LogP contribution is -2.40. The zero-order valence-corrected chi connectivity index (χ0v) is 36.8. The van der Waals surface area contributed by atoms with E-state index in [1.54, 1.807) is 72.8 Å². The van der Waals surface area contributed by atoms with E-state index in [1.807, 2.05) is 12.1 Å². The maximum atomic E-state index is 14.4. The number of hydrogen-bond donors (Lipinski definition) is 0. The van der Waals surface area contributed by atoms with Crippen LogP contribution in [0.1, 0.15) is 119 Å². The maximum absolute atomic E-state index is 14.4. The lowest BCUT2D eigenvalue weighted by Gasteiger charge is -2.31. The molecule has 9 rings (SSSR count). The molecule has 60 heavy (non-hydrogen) atoms. The van der Waals surface area contributed by atoms with Crippen LogP contribution in [-0.4, -0.2) is 36.8 Å². The Balaban J connectivity index is 1.07. The van der Waals surface area contributed by atoms with Gasteiger partial charge in [0.2, 0.25) is 0 Å². The van der Waals surface area contributed by atoms with Gasteiger partial charge in [-0.05, 0) is 102 Å². The predicted molar refractivity (Wildman–Crippen MR) is 247 cm³/mol. The fraction of sp³-hybridized carbons (Fsp3) is 0.280. The Kier molecular flexibility index (Phi) is 11.1. The Hall–Kier alpha value is -5.32. The molecule has 0 saturated carbocycles. The highest BCUT2D eigenvalue weighted by Crippen LogP contribution is 2.51. The minimum Gasteiger partial charge on any atom is -0.494 e. The summed E-state index contributed by atoms with van der Waals surface area (Å²) in [6, 6.07) is 25.2. The van der Waals surface area contributed by atoms with Crippen molar-refractivity contribution < 1.29 is 28.7 Å². The highest BCUT2D eigenvalue weighted by atomic mass is 79.9. The van der Waals surface area contributed by atoms with Crippen LogP contribution in [0.4, 0.5) is 11.4 Å². The van der Waals surface area contributed by atoms with E-state index in [4.69, 9.17) is 9.47 Å². The normalized spacial score (nSPS) is 13.9. The molecule has 0 radical (unpaired) electrons. The molecule has 2 aliphatic rings. The number of imide groups is 2. The van der Waals surface area contributed by atoms with Gasteiger partial charge in [-0.25, -0.2) is 9.80 Å². The van der Waals surface area contributed by atoms with Crippen LogP contribution >= 0.6 is 31.9 Å². The van der Waals surface area contributed by atoms with E-state index in [0.29, 0.717) is 78.1 Å². The third kappa shape index (κ3) is 6.72. The molecule has 7 aromatic rings. The number of hydrogen-bond acceptors (Lipinski definition) is 6. The molecule has 0 aliphatic carbocycles. The van der Waals surface area contributed by atoms with Gasteiger partial charge >= 0.3 is 0 Å². The average molecular weight is 929 g/mol. The highest BCUT2D eigenvalue weighted by molar-refractivity contribution is 9.11. The number of amides is 4. The fourth-order valence-electron chi connectivity index (χ4n) is 9.01. The summed E-state index contributed by atoms with van der Waals surface area (Å²) < 4.78 is 13.2. The summed E-state index contributed by atoms with van der Waals surface area (Å²) in [4.78, 5) is 60.0. The summed E-state index contributed by atoms with van der Waals surface area (Å²) in [5.41, 5.74) is 2.56. The molecule has 304 valence electrons. The molecule has 0 spiro atoms. The molecule has 8 nitrogen and oxygen atoms in total. The third-order valence-corrected chi connectivity index (χ3v) is 13.2. The van der Waals surface area contributed by atoms with Gasteiger partial charge in [-0.15, -0.1) is 0 Å². The van der Waals surface area contributed by atoms with Crippen molar-refractivity contribution in [2.75, 3.05) is 23.0 Å². The predicted octanol–water partition coefficient (Wildman–Crippen LogP) is 13.6. The smallest absolute Gasteiger partial charge is 0.266 e. The van der Waals surface area contributed by atoms with Crippen LogP contribution in [0.2, 0.25) is 0 Å². The molecule has 10 heteroatoms. The van der Waals surface area contributed by atoms with E-state index >= 15 is 0 Å². The Labute approximate surface area is 365 Å². The van der Waals surface area contributed by atoms with Gasteiger partial charge in [0.05, 0.1) is 35.7 Å². The molecule has 0 bridgehead atoms. The number of halogens is 2. The molecule has 2 aliphatic heterocycles. The van der Waals surface area contributed by atoms with Crippen LogP contribution in [0.25, 0.3) is 43.1 Å². The second-order valence-electron chi connectivity index (χ2n) is 15.8. The molecule has 0 atom stereocenters. The zero-order valence-electron chi connectivity index (χ0n) is 33.7. The van der Waals surface area contributed by atoms with Crippen molar-refractivity contribution in [2.45, 2.75) is 78.1 Å². The first-order valence-electron chi connectivity index (χ1n) is 21.1. The van der Waals surface area contributed by atoms with E-state index in [0.717, 1.165) is 58.0 Å². The molecule has 7 aromatic carbocycles. The largest absolute Gasteiger partial charge is 0.494 e. The van der Waals surface area contributed by atoms with Crippen molar-refractivity contribution in [1.82, 2.24) is 0 Å². The fourth-order valence-corrected chi connectivity index (χ4v) is 10.3. The van der Waals surface area contributed by atoms with E-state index in [-0.39, 0.29) is 0 Å². The van der Waals surface area contributed by atoms with Crippen molar-refractivity contribution in [2.24, 2.45) is 0 Å². The zero-order chi connectivity index (χ0) is 41.7. The Morgan fingerprint density at radius 2 is 0.800 bits per heavy atom. The number of anilines is 2. The van der Waals surface area contributed by atoms with Gasteiger partial charge in [0.15, 0.2) is 0 Å². The summed E-state index contributed by atoms with van der Waals surface area (Å²) in [6.45, 7) is 5.62. The molecule has 0 fully saturated rings. The molecule has 0 N–H and O–H groups in total. The first kappa shape index (κ1) is 40.1. The van der Waals surface area contributed by atoms with Crippen molar-refractivity contribution >= 4 is 110 Å². The lowest BCUT2D eigenvalue weighted by atomic mass is 9.82. The number of unbranched alkanes of at least 4 members (excludes halogenated alkanes) is 8. The summed E-state index contributed by atoms with van der Waals surface area (Å²) in [7, 11) is 0. The number of carbonyl (C=O) groups is 4. The van der Waals surface area contributed by atoms with E-state index in [1.165, 1.54) is 48.3 Å². The summed E-state index contributed by atoms with van der Waals surface area (Å²) >= 11 is 7.65. The molecular formula is C50H44Br2N2O6. The number of carbonyl (C=O) groups excluding carboxylic acids is 4. The van der Waals surface area contributed by atoms with Crippen LogP contribution in [0.3, 0.4) is 0 Å². The summed E-state index contributed by atoms with van der Waals surface area (Å²) in [5.74, 6) is -0.285. The summed E-state index contributed by atoms with van der Waals surface area (Å²) in [5, 5.41) is 5.85. The number of nitrogens with zero attached hydrogens (tertiary/aromatic N) is 2. The van der Waals surface area contributed by atoms with Gasteiger partial charge in [0.25, 0.3) is 23.6 Å². The second-order valence-corrected chi connectivity index (χ2v) is 17.5. The summed E-state index contributed by atoms with van der Waals surface area (Å²) in [6.07, 6.45) is 11.4. The number of ether oxygens (including phenoxy) is 2. The van der Waals surface area contributed by atoms with Gasteiger partial charge in [-0.2, -0.15) is 0 Å². The van der Waals surface area contributed by atoms with Gasteiger partial charge in [-0.3, -0.25) is 19.2 Å². The van der Waals surface area contributed by atoms with E-state index in [9.17, 15) is 19.2 Å². The molecule has 0 aromatic heterocycles. The van der Waals surface area contributed by atoms with Crippen LogP contribution in [0, 0.1) is 0 Å². The van der Waals surface area contributed by atoms with E-state index < -0.39 is 23.6 Å². The van der Waals surface area contributed by atoms with E-state index in [2.05, 4.69) is 45.7 Å². The molecule has 0 unspecified atom stereocenters. The Morgan fingerprint density at radius 3 is 1.22 bits per heavy atom. The van der Waals surface area contributed by atoms with Crippen LogP contribution in [-0.2, 0) is 0 Å². The molecule has 0 saturated heterocycles. The second kappa shape index (κ2) is 16.6. The minimum atomic E-state index is -0.424. The number of rotatable bonds is 16. The van der Waals surface area contributed by atoms with Crippen molar-refractivity contribution in [1.29, 1.82) is 0 Å². The number of benzene rings is 7. The maximum Gasteiger partial charge on any atom is 0.266 e. The van der Waals surface area contributed by atoms with Crippen LogP contribution < -0.4 is 19.3 Å². The standard InChI is InChI=1S/C50H44Br2N2O6/c1-3-5-7-9-11-25-59-31-17-13-29(14-18-31)53-47(55)35-23-21-33-41-34(22-24-36(42(35)41)48(53)56)45-40(52)28-38-43-37(27-39(51)44(33)46(43)45)49(57)54(50(38)58)30-15-19-32(20-16-30)60-26-12-10-8-6-4-2/h13-24,27-28H,3-12,25-26H2,1-2H3. The SMILES string of the molecule is CCCCCCCOc1ccc(N2C(=O)c3ccc4c5c(Br)cc6c7c(cc(Br)c(c8ccc(c3c48)C2=O)c75)C(=O)N(c2ccc(OCCCCCCC)cc2)C6=O)cc1. The first-order chi connectivity index (χ1) is 29.2. The first-order valence-corrected chi connectivity index (χ1v) is 22.6. The van der Waals surface area contributed by atoms with Gasteiger partial charge in [0.1, 0.15) is 11.5 Å². The van der Waals surface area contributed by atoms with Crippen molar-refractivity contribution in [3.63, 3.8) is 0 Å². The average Bonchev–Trinajstić information content (AvgIpc) is 3.25. The molecule has 4 amide bonds. The van der Waals surface area contributed by atoms with Crippen LogP contribution in [0.15, 0.2) is 93.9 Å². The Morgan fingerprint density at radius 1 is 0.417 bits per heavy atom. The lowest BCUT2D eigenvalue weighted by molar-refractivity contribution is 0.0877. The van der Waals surface area contributed by atoms with Crippen LogP contribution in [0.5, 0.6) is 11.5 Å². The van der Waals surface area contributed by atoms with Crippen molar-refractivity contribution in [3.8, 4) is 11.5 Å². The van der Waals surface area contributed by atoms with Gasteiger partial charge < -0.3 is 9.47 Å². The number of fused-ring (bicyclic) bond motifs is 2. The van der Waals surface area contributed by atoms with Crippen molar-refractivity contribution in [3.05, 3.63) is 116 Å². The minimum absolute atomic E-state index is 0.398. The topological polar surface area (TPSA) is 93.2 Å². The third-order valence-electron chi connectivity index (χ3n) is 12.0. The molecule has 2 heterocycles. The monoisotopic (exact) mass is 926 g/mol. The molecular weight excluding hydrogens is 884 g/mol. The Bertz CT molecular complexity index is 2730.